The lowest BCUT2D eigenvalue weighted by Crippen LogP contribution is -2.51. The van der Waals surface area contributed by atoms with Crippen molar-refractivity contribution in [2.75, 3.05) is 23.7 Å². The van der Waals surface area contributed by atoms with Crippen LogP contribution in [0.5, 0.6) is 0 Å². The average Bonchev–Trinajstić information content (AvgIpc) is 2.69. The van der Waals surface area contributed by atoms with Crippen molar-refractivity contribution in [3.8, 4) is 0 Å². The number of carbonyl (C=O) groups is 2. The van der Waals surface area contributed by atoms with E-state index in [1.165, 1.54) is 4.90 Å². The Morgan fingerprint density at radius 3 is 2.18 bits per heavy atom. The molecule has 2 aromatic rings. The fourth-order valence-corrected chi connectivity index (χ4v) is 4.75. The molecule has 0 radical (unpaired) electrons. The molecule has 10 heteroatoms. The second-order valence-electron chi connectivity index (χ2n) is 7.94. The first kappa shape index (κ1) is 27.0. The summed E-state index contributed by atoms with van der Waals surface area (Å²) in [4.78, 5) is 27.3. The number of nitrogens with one attached hydrogen (secondary N) is 1. The summed E-state index contributed by atoms with van der Waals surface area (Å²) in [6.45, 7) is 7.02. The summed E-state index contributed by atoms with van der Waals surface area (Å²) in [6.07, 6.45) is 1.05. The van der Waals surface area contributed by atoms with E-state index in [1.807, 2.05) is 19.9 Å². The first-order valence-electron chi connectivity index (χ1n) is 10.4. The summed E-state index contributed by atoms with van der Waals surface area (Å²) < 4.78 is 26.3. The number of anilines is 1. The SMILES string of the molecule is CCNC(=O)[C@@H](C)N(Cc1ccc(Cl)cc1Cl)C(=O)CN(c1cc(C)cc(C)c1)S(C)(=O)=O. The Kier molecular flexibility index (Phi) is 9.17. The van der Waals surface area contributed by atoms with E-state index in [0.29, 0.717) is 27.8 Å². The zero-order valence-electron chi connectivity index (χ0n) is 19.4. The minimum absolute atomic E-state index is 0.0115. The van der Waals surface area contributed by atoms with Crippen molar-refractivity contribution in [2.24, 2.45) is 0 Å². The van der Waals surface area contributed by atoms with Gasteiger partial charge in [-0.15, -0.1) is 0 Å². The second-order valence-corrected chi connectivity index (χ2v) is 10.7. The number of halogens is 2. The van der Waals surface area contributed by atoms with E-state index >= 15 is 0 Å². The molecular formula is C23H29Cl2N3O4S. The van der Waals surface area contributed by atoms with E-state index in [2.05, 4.69) is 5.32 Å². The van der Waals surface area contributed by atoms with Gasteiger partial charge in [0.15, 0.2) is 0 Å². The van der Waals surface area contributed by atoms with Crippen LogP contribution in [0, 0.1) is 13.8 Å². The van der Waals surface area contributed by atoms with Crippen molar-refractivity contribution >= 4 is 50.7 Å². The average molecular weight is 514 g/mol. The maximum atomic E-state index is 13.4. The van der Waals surface area contributed by atoms with Gasteiger partial charge in [0.25, 0.3) is 0 Å². The second kappa shape index (κ2) is 11.2. The standard InChI is InChI=1S/C23H29Cl2N3O4S/c1-6-26-23(30)17(4)27(13-18-7-8-19(24)12-21(18)25)22(29)14-28(33(5,31)32)20-10-15(2)9-16(3)11-20/h7-12,17H,6,13-14H2,1-5H3,(H,26,30)/t17-/m1/s1. The highest BCUT2D eigenvalue weighted by Crippen LogP contribution is 2.25. The molecule has 7 nitrogen and oxygen atoms in total. The topological polar surface area (TPSA) is 86.8 Å². The van der Waals surface area contributed by atoms with Crippen molar-refractivity contribution in [3.63, 3.8) is 0 Å². The molecule has 2 aromatic carbocycles. The van der Waals surface area contributed by atoms with Gasteiger partial charge in [0.05, 0.1) is 11.9 Å². The lowest BCUT2D eigenvalue weighted by Gasteiger charge is -2.31. The largest absolute Gasteiger partial charge is 0.355 e. The number of carbonyl (C=O) groups excluding carboxylic acids is 2. The van der Waals surface area contributed by atoms with Gasteiger partial charge in [0.2, 0.25) is 21.8 Å². The molecule has 0 unspecified atom stereocenters. The first-order chi connectivity index (χ1) is 15.3. The molecule has 0 aromatic heterocycles. The molecule has 0 bridgehead atoms. The van der Waals surface area contributed by atoms with Crippen molar-refractivity contribution in [2.45, 2.75) is 40.3 Å². The number of benzene rings is 2. The molecule has 2 rings (SSSR count). The van der Waals surface area contributed by atoms with Gasteiger partial charge in [-0.25, -0.2) is 8.42 Å². The molecule has 0 heterocycles. The summed E-state index contributed by atoms with van der Waals surface area (Å²) in [7, 11) is -3.78. The predicted molar refractivity (Wildman–Crippen MR) is 133 cm³/mol. The Labute approximate surface area is 205 Å². The Morgan fingerprint density at radius 1 is 1.06 bits per heavy atom. The molecule has 33 heavy (non-hydrogen) atoms. The highest BCUT2D eigenvalue weighted by molar-refractivity contribution is 7.92. The van der Waals surface area contributed by atoms with Crippen LogP contribution in [-0.2, 0) is 26.2 Å². The fraction of sp³-hybridized carbons (Fsp3) is 0.391. The lowest BCUT2D eigenvalue weighted by atomic mass is 10.1. The first-order valence-corrected chi connectivity index (χ1v) is 13.0. The summed E-state index contributed by atoms with van der Waals surface area (Å²) in [5, 5.41) is 3.49. The van der Waals surface area contributed by atoms with E-state index < -0.39 is 28.5 Å². The Hall–Kier alpha value is -2.29. The maximum absolute atomic E-state index is 13.4. The summed E-state index contributed by atoms with van der Waals surface area (Å²) in [6, 6.07) is 9.33. The number of hydrogen-bond donors (Lipinski definition) is 1. The number of amides is 2. The minimum atomic E-state index is -3.78. The third kappa shape index (κ3) is 7.35. The van der Waals surface area contributed by atoms with E-state index in [9.17, 15) is 18.0 Å². The van der Waals surface area contributed by atoms with Gasteiger partial charge in [-0.2, -0.15) is 0 Å². The molecule has 0 spiro atoms. The molecule has 0 saturated heterocycles. The van der Waals surface area contributed by atoms with E-state index in [0.717, 1.165) is 21.7 Å². The van der Waals surface area contributed by atoms with Crippen LogP contribution in [0.15, 0.2) is 36.4 Å². The van der Waals surface area contributed by atoms with Crippen LogP contribution in [0.2, 0.25) is 10.0 Å². The number of aryl methyl sites for hydroxylation is 2. The van der Waals surface area contributed by atoms with Crippen molar-refractivity contribution in [1.29, 1.82) is 0 Å². The predicted octanol–water partition coefficient (Wildman–Crippen LogP) is 3.93. The molecule has 1 atom stereocenters. The van der Waals surface area contributed by atoms with Crippen LogP contribution in [0.3, 0.4) is 0 Å². The summed E-state index contributed by atoms with van der Waals surface area (Å²) >= 11 is 12.3. The molecular weight excluding hydrogens is 485 g/mol. The lowest BCUT2D eigenvalue weighted by molar-refractivity contribution is -0.139. The smallest absolute Gasteiger partial charge is 0.244 e. The summed E-state index contributed by atoms with van der Waals surface area (Å²) in [5.74, 6) is -0.891. The minimum Gasteiger partial charge on any atom is -0.355 e. The molecule has 1 N–H and O–H groups in total. The third-order valence-corrected chi connectivity index (χ3v) is 6.78. The van der Waals surface area contributed by atoms with Crippen LogP contribution < -0.4 is 9.62 Å². The Balaban J connectivity index is 2.45. The molecule has 0 aliphatic heterocycles. The molecule has 0 aliphatic carbocycles. The van der Waals surface area contributed by atoms with Crippen LogP contribution in [0.25, 0.3) is 0 Å². The van der Waals surface area contributed by atoms with Crippen LogP contribution in [-0.4, -0.2) is 50.5 Å². The van der Waals surface area contributed by atoms with Crippen LogP contribution in [0.1, 0.15) is 30.5 Å². The van der Waals surface area contributed by atoms with Crippen molar-refractivity contribution in [3.05, 3.63) is 63.1 Å². The van der Waals surface area contributed by atoms with Crippen LogP contribution in [0.4, 0.5) is 5.69 Å². The Bertz CT molecular complexity index is 1120. The zero-order valence-corrected chi connectivity index (χ0v) is 21.7. The molecule has 180 valence electrons. The monoisotopic (exact) mass is 513 g/mol. The van der Waals surface area contributed by atoms with Gasteiger partial charge < -0.3 is 10.2 Å². The van der Waals surface area contributed by atoms with Gasteiger partial charge in [-0.3, -0.25) is 13.9 Å². The zero-order chi connectivity index (χ0) is 24.9. The summed E-state index contributed by atoms with van der Waals surface area (Å²) in [5.41, 5.74) is 2.71. The third-order valence-electron chi connectivity index (χ3n) is 5.05. The number of rotatable bonds is 9. The molecule has 2 amide bonds. The quantitative estimate of drug-likeness (QED) is 0.550. The van der Waals surface area contributed by atoms with Gasteiger partial charge in [0, 0.05) is 23.1 Å². The fourth-order valence-electron chi connectivity index (χ4n) is 3.45. The number of hydrogen-bond acceptors (Lipinski definition) is 4. The van der Waals surface area contributed by atoms with Gasteiger partial charge >= 0.3 is 0 Å². The van der Waals surface area contributed by atoms with Gasteiger partial charge in [-0.05, 0) is 68.7 Å². The van der Waals surface area contributed by atoms with Crippen molar-refractivity contribution in [1.82, 2.24) is 10.2 Å². The van der Waals surface area contributed by atoms with Gasteiger partial charge in [0.1, 0.15) is 12.6 Å². The normalized spacial score (nSPS) is 12.2. The molecule has 0 aliphatic rings. The van der Waals surface area contributed by atoms with E-state index in [4.69, 9.17) is 23.2 Å². The molecule has 0 saturated carbocycles. The van der Waals surface area contributed by atoms with E-state index in [-0.39, 0.29) is 12.5 Å². The highest BCUT2D eigenvalue weighted by atomic mass is 35.5. The number of likely N-dealkylation sites (N-methyl/N-ethyl adjacent to an activating group) is 1. The highest BCUT2D eigenvalue weighted by Gasteiger charge is 2.30. The number of nitrogens with zero attached hydrogens (tertiary/aromatic N) is 2. The van der Waals surface area contributed by atoms with Crippen LogP contribution >= 0.6 is 23.2 Å². The Morgan fingerprint density at radius 2 is 1.67 bits per heavy atom. The van der Waals surface area contributed by atoms with Gasteiger partial charge in [-0.1, -0.05) is 35.3 Å². The van der Waals surface area contributed by atoms with E-state index in [1.54, 1.807) is 44.2 Å². The van der Waals surface area contributed by atoms with Crippen molar-refractivity contribution < 1.29 is 18.0 Å². The maximum Gasteiger partial charge on any atom is 0.244 e. The molecule has 0 fully saturated rings. The number of sulfonamides is 1.